The molecule has 2 aliphatic rings. The average Bonchev–Trinajstić information content (AvgIpc) is 3.14. The SMILES string of the molecule is COC1(c2ccnc(C(N)=O)c2)[C@@H]2CCC[C@H]1CN(Cc1ccn[nH]1)C2.Cl. The molecule has 0 radical (unpaired) electrons. The molecule has 1 saturated carbocycles. The number of amides is 1. The fourth-order valence-electron chi connectivity index (χ4n) is 5.00. The van der Waals surface area contributed by atoms with Crippen LogP contribution in [0.3, 0.4) is 0 Å². The van der Waals surface area contributed by atoms with E-state index in [2.05, 4.69) is 20.1 Å². The summed E-state index contributed by atoms with van der Waals surface area (Å²) >= 11 is 0. The number of aromatic nitrogens is 3. The summed E-state index contributed by atoms with van der Waals surface area (Å²) in [5.41, 5.74) is 7.53. The summed E-state index contributed by atoms with van der Waals surface area (Å²) in [6.07, 6.45) is 6.90. The van der Waals surface area contributed by atoms with Crippen LogP contribution in [0.4, 0.5) is 0 Å². The number of likely N-dealkylation sites (tertiary alicyclic amines) is 1. The Hall–Kier alpha value is -1.96. The molecule has 1 unspecified atom stereocenters. The van der Waals surface area contributed by atoms with Gasteiger partial charge < -0.3 is 10.5 Å². The molecule has 1 aliphatic heterocycles. The minimum atomic E-state index is -0.500. The molecule has 0 aromatic carbocycles. The van der Waals surface area contributed by atoms with Crippen LogP contribution in [0.15, 0.2) is 30.6 Å². The number of rotatable bonds is 5. The number of fused-ring (bicyclic) bond motifs is 2. The third-order valence-corrected chi connectivity index (χ3v) is 6.03. The van der Waals surface area contributed by atoms with E-state index in [-0.39, 0.29) is 18.0 Å². The lowest BCUT2D eigenvalue weighted by atomic mass is 9.62. The lowest BCUT2D eigenvalue weighted by molar-refractivity contribution is -0.170. The van der Waals surface area contributed by atoms with Gasteiger partial charge in [-0.15, -0.1) is 12.4 Å². The van der Waals surface area contributed by atoms with Crippen LogP contribution < -0.4 is 5.73 Å². The summed E-state index contributed by atoms with van der Waals surface area (Å²) in [6.45, 7) is 2.78. The zero-order valence-corrected chi connectivity index (χ0v) is 16.2. The van der Waals surface area contributed by atoms with Crippen LogP contribution in [0, 0.1) is 11.8 Å². The molecule has 4 rings (SSSR count). The van der Waals surface area contributed by atoms with Crippen molar-refractivity contribution in [1.29, 1.82) is 0 Å². The number of H-pyrrole nitrogens is 1. The molecule has 1 amide bonds. The minimum Gasteiger partial charge on any atom is -0.373 e. The minimum absolute atomic E-state index is 0. The third kappa shape index (κ3) is 3.47. The van der Waals surface area contributed by atoms with Gasteiger partial charge in [-0.05, 0) is 36.6 Å². The Balaban J connectivity index is 0.00000210. The predicted molar refractivity (Wildman–Crippen MR) is 103 cm³/mol. The maximum absolute atomic E-state index is 11.6. The van der Waals surface area contributed by atoms with Gasteiger partial charge in [-0.2, -0.15) is 5.10 Å². The smallest absolute Gasteiger partial charge is 0.267 e. The van der Waals surface area contributed by atoms with E-state index in [0.717, 1.165) is 43.7 Å². The Bertz CT molecular complexity index is 768. The molecule has 27 heavy (non-hydrogen) atoms. The maximum Gasteiger partial charge on any atom is 0.267 e. The monoisotopic (exact) mass is 391 g/mol. The molecule has 7 nitrogen and oxygen atoms in total. The van der Waals surface area contributed by atoms with Crippen LogP contribution in [0.25, 0.3) is 0 Å². The zero-order chi connectivity index (χ0) is 18.1. The molecule has 3 N–H and O–H groups in total. The van der Waals surface area contributed by atoms with Gasteiger partial charge in [0.2, 0.25) is 0 Å². The number of nitrogens with zero attached hydrogens (tertiary/aromatic N) is 3. The number of nitrogens with one attached hydrogen (secondary N) is 1. The molecule has 2 aromatic heterocycles. The first kappa shape index (κ1) is 19.8. The molecule has 1 aliphatic carbocycles. The van der Waals surface area contributed by atoms with Crippen molar-refractivity contribution in [3.63, 3.8) is 0 Å². The van der Waals surface area contributed by atoms with Crippen LogP contribution in [0.1, 0.15) is 41.0 Å². The number of aromatic amines is 1. The number of halogens is 1. The molecule has 8 heteroatoms. The molecule has 3 heterocycles. The highest BCUT2D eigenvalue weighted by Crippen LogP contribution is 2.51. The highest BCUT2D eigenvalue weighted by atomic mass is 35.5. The standard InChI is InChI=1S/C19H25N5O2.ClH/c1-26-19(13-5-7-21-17(9-13)18(20)25)14-3-2-4-15(19)11-24(10-14)12-16-6-8-22-23-16;/h5-9,14-15H,2-4,10-12H2,1H3,(H2,20,25)(H,22,23);1H/t14-,15+,19?;. The number of carbonyl (C=O) groups is 1. The number of pyridine rings is 1. The second-order valence-electron chi connectivity index (χ2n) is 7.39. The van der Waals surface area contributed by atoms with Gasteiger partial charge in [0.1, 0.15) is 11.3 Å². The van der Waals surface area contributed by atoms with Crippen molar-refractivity contribution in [2.75, 3.05) is 20.2 Å². The van der Waals surface area contributed by atoms with Gasteiger partial charge >= 0.3 is 0 Å². The van der Waals surface area contributed by atoms with Crippen molar-refractivity contribution >= 4 is 18.3 Å². The Kier molecular flexibility index (Phi) is 5.83. The fourth-order valence-corrected chi connectivity index (χ4v) is 5.00. The lowest BCUT2D eigenvalue weighted by Crippen LogP contribution is -2.58. The molecule has 2 aromatic rings. The maximum atomic E-state index is 11.6. The van der Waals surface area contributed by atoms with Crippen molar-refractivity contribution in [2.24, 2.45) is 17.6 Å². The largest absolute Gasteiger partial charge is 0.373 e. The van der Waals surface area contributed by atoms with E-state index in [1.807, 2.05) is 18.2 Å². The summed E-state index contributed by atoms with van der Waals surface area (Å²) in [5.74, 6) is 0.233. The third-order valence-electron chi connectivity index (χ3n) is 6.03. The van der Waals surface area contributed by atoms with Gasteiger partial charge in [0.05, 0.1) is 0 Å². The number of piperidine rings is 1. The van der Waals surface area contributed by atoms with E-state index in [9.17, 15) is 4.79 Å². The van der Waals surface area contributed by atoms with Crippen LogP contribution in [0.5, 0.6) is 0 Å². The quantitative estimate of drug-likeness (QED) is 0.813. The molecule has 1 saturated heterocycles. The predicted octanol–water partition coefficient (Wildman–Crippen LogP) is 2.10. The highest BCUT2D eigenvalue weighted by Gasteiger charge is 2.53. The first-order valence-electron chi connectivity index (χ1n) is 9.15. The summed E-state index contributed by atoms with van der Waals surface area (Å²) in [4.78, 5) is 18.2. The van der Waals surface area contributed by atoms with Crippen LogP contribution >= 0.6 is 12.4 Å². The van der Waals surface area contributed by atoms with Gasteiger partial charge in [0.25, 0.3) is 5.91 Å². The number of methoxy groups -OCH3 is 1. The number of ether oxygens (including phenoxy) is 1. The van der Waals surface area contributed by atoms with E-state index in [4.69, 9.17) is 10.5 Å². The fraction of sp³-hybridized carbons (Fsp3) is 0.526. The van der Waals surface area contributed by atoms with Crippen LogP contribution in [0.2, 0.25) is 0 Å². The molecular weight excluding hydrogens is 366 g/mol. The average molecular weight is 392 g/mol. The molecule has 3 atom stereocenters. The Morgan fingerprint density at radius 2 is 2.07 bits per heavy atom. The molecular formula is C19H26ClN5O2. The second-order valence-corrected chi connectivity index (χ2v) is 7.39. The number of hydrogen-bond acceptors (Lipinski definition) is 5. The van der Waals surface area contributed by atoms with Gasteiger partial charge in [-0.1, -0.05) is 6.42 Å². The summed E-state index contributed by atoms with van der Waals surface area (Å²) in [7, 11) is 1.79. The van der Waals surface area contributed by atoms with Crippen molar-refractivity contribution in [1.82, 2.24) is 20.1 Å². The first-order chi connectivity index (χ1) is 12.6. The molecule has 2 fully saturated rings. The highest BCUT2D eigenvalue weighted by molar-refractivity contribution is 5.90. The number of hydrogen-bond donors (Lipinski definition) is 2. The van der Waals surface area contributed by atoms with Gasteiger partial charge in [0, 0.05) is 56.7 Å². The van der Waals surface area contributed by atoms with E-state index in [1.54, 1.807) is 19.5 Å². The number of carbonyl (C=O) groups excluding carboxylic acids is 1. The Labute approximate surface area is 165 Å². The van der Waals surface area contributed by atoms with Crippen molar-refractivity contribution in [2.45, 2.75) is 31.4 Å². The summed E-state index contributed by atoms with van der Waals surface area (Å²) in [5, 5.41) is 7.11. The normalized spacial score (nSPS) is 27.7. The lowest BCUT2D eigenvalue weighted by Gasteiger charge is -2.55. The van der Waals surface area contributed by atoms with E-state index >= 15 is 0 Å². The molecule has 0 spiro atoms. The summed E-state index contributed by atoms with van der Waals surface area (Å²) < 4.78 is 6.22. The van der Waals surface area contributed by atoms with Crippen LogP contribution in [-0.4, -0.2) is 46.2 Å². The number of primary amides is 1. The summed E-state index contributed by atoms with van der Waals surface area (Å²) in [6, 6.07) is 5.82. The van der Waals surface area contributed by atoms with Crippen molar-refractivity contribution in [3.05, 3.63) is 47.5 Å². The van der Waals surface area contributed by atoms with Crippen molar-refractivity contribution in [3.8, 4) is 0 Å². The van der Waals surface area contributed by atoms with E-state index in [0.29, 0.717) is 17.5 Å². The topological polar surface area (TPSA) is 97.1 Å². The van der Waals surface area contributed by atoms with E-state index in [1.165, 1.54) is 6.42 Å². The first-order valence-corrected chi connectivity index (χ1v) is 9.15. The second kappa shape index (κ2) is 7.96. The van der Waals surface area contributed by atoms with E-state index < -0.39 is 5.91 Å². The Morgan fingerprint density at radius 3 is 2.67 bits per heavy atom. The van der Waals surface area contributed by atoms with Gasteiger partial charge in [-0.25, -0.2) is 0 Å². The van der Waals surface area contributed by atoms with Gasteiger partial charge in [-0.3, -0.25) is 19.8 Å². The van der Waals surface area contributed by atoms with Crippen LogP contribution in [-0.2, 0) is 16.9 Å². The van der Waals surface area contributed by atoms with Crippen molar-refractivity contribution < 1.29 is 9.53 Å². The molecule has 2 bridgehead atoms. The Morgan fingerprint density at radius 1 is 1.33 bits per heavy atom. The van der Waals surface area contributed by atoms with Gasteiger partial charge in [0.15, 0.2) is 0 Å². The zero-order valence-electron chi connectivity index (χ0n) is 15.4. The number of nitrogens with two attached hydrogens (primary N) is 1. The molecule has 146 valence electrons.